The molecule has 1 N–H and O–H groups in total. The van der Waals surface area contributed by atoms with E-state index in [1.807, 2.05) is 25.3 Å². The number of nitrogens with zero attached hydrogens (tertiary/aromatic N) is 6. The molecule has 7 nitrogen and oxygen atoms in total. The maximum atomic E-state index is 4.70. The quantitative estimate of drug-likeness (QED) is 0.854. The van der Waals surface area contributed by atoms with Gasteiger partial charge in [-0.1, -0.05) is 6.07 Å². The Kier molecular flexibility index (Phi) is 5.65. The average Bonchev–Trinajstić information content (AvgIpc) is 2.62. The van der Waals surface area contributed by atoms with Crippen LogP contribution >= 0.6 is 0 Å². The van der Waals surface area contributed by atoms with Crippen molar-refractivity contribution in [3.05, 3.63) is 36.2 Å². The third-order valence-electron chi connectivity index (χ3n) is 4.26. The van der Waals surface area contributed by atoms with Crippen LogP contribution in [0.5, 0.6) is 0 Å². The molecule has 0 radical (unpaired) electrons. The predicted octanol–water partition coefficient (Wildman–Crippen LogP) is 1.48. The Hall–Kier alpha value is -2.41. The molecule has 1 fully saturated rings. The summed E-state index contributed by atoms with van der Waals surface area (Å²) in [5.41, 5.74) is 0.990. The van der Waals surface area contributed by atoms with Gasteiger partial charge in [-0.2, -0.15) is 4.98 Å². The summed E-state index contributed by atoms with van der Waals surface area (Å²) < 4.78 is 0. The van der Waals surface area contributed by atoms with Crippen molar-refractivity contribution in [3.63, 3.8) is 0 Å². The van der Waals surface area contributed by atoms with Gasteiger partial charge < -0.3 is 20.0 Å². The predicted molar refractivity (Wildman–Crippen MR) is 102 cm³/mol. The highest BCUT2D eigenvalue weighted by atomic mass is 15.3. The summed E-state index contributed by atoms with van der Waals surface area (Å²) in [6, 6.07) is 8.12. The molecule has 0 unspecified atom stereocenters. The normalized spacial score (nSPS) is 14.9. The van der Waals surface area contributed by atoms with Crippen LogP contribution in [0.25, 0.3) is 0 Å². The number of anilines is 3. The van der Waals surface area contributed by atoms with Crippen molar-refractivity contribution in [2.45, 2.75) is 6.92 Å². The third-order valence-corrected chi connectivity index (χ3v) is 4.26. The standard InChI is InChI=1S/C18H27N7/c1-15-14-17(22-18(21-15)20-8-9-23(2)3)25-12-10-24(11-13-25)16-6-4-5-7-19-16/h4-7,14H,8-13H2,1-3H3,(H,20,21,22). The summed E-state index contributed by atoms with van der Waals surface area (Å²) in [5.74, 6) is 2.76. The lowest BCUT2D eigenvalue weighted by atomic mass is 10.3. The average molecular weight is 341 g/mol. The summed E-state index contributed by atoms with van der Waals surface area (Å²) in [5, 5.41) is 3.32. The van der Waals surface area contributed by atoms with Crippen molar-refractivity contribution in [2.75, 3.05) is 68.5 Å². The molecule has 0 spiro atoms. The largest absolute Gasteiger partial charge is 0.353 e. The van der Waals surface area contributed by atoms with Crippen LogP contribution in [0.2, 0.25) is 0 Å². The Balaban J connectivity index is 1.61. The minimum Gasteiger partial charge on any atom is -0.353 e. The number of pyridine rings is 1. The van der Waals surface area contributed by atoms with Crippen molar-refractivity contribution < 1.29 is 0 Å². The van der Waals surface area contributed by atoms with E-state index in [2.05, 4.69) is 56.2 Å². The molecule has 7 heteroatoms. The van der Waals surface area contributed by atoms with Crippen molar-refractivity contribution in [1.82, 2.24) is 19.9 Å². The fourth-order valence-corrected chi connectivity index (χ4v) is 2.89. The molecule has 1 aliphatic heterocycles. The van der Waals surface area contributed by atoms with Crippen LogP contribution in [0.3, 0.4) is 0 Å². The van der Waals surface area contributed by atoms with Crippen LogP contribution in [0, 0.1) is 6.92 Å². The molecule has 3 rings (SSSR count). The fraction of sp³-hybridized carbons (Fsp3) is 0.500. The van der Waals surface area contributed by atoms with Gasteiger partial charge >= 0.3 is 0 Å². The Labute approximate surface area is 149 Å². The number of hydrogen-bond donors (Lipinski definition) is 1. The first-order chi connectivity index (χ1) is 12.1. The van der Waals surface area contributed by atoms with Gasteiger partial charge in [0.25, 0.3) is 0 Å². The van der Waals surface area contributed by atoms with Gasteiger partial charge in [-0.15, -0.1) is 0 Å². The molecule has 0 aromatic carbocycles. The highest BCUT2D eigenvalue weighted by molar-refractivity contribution is 5.48. The van der Waals surface area contributed by atoms with E-state index in [1.165, 1.54) is 0 Å². The fourth-order valence-electron chi connectivity index (χ4n) is 2.89. The van der Waals surface area contributed by atoms with Gasteiger partial charge in [0.1, 0.15) is 11.6 Å². The van der Waals surface area contributed by atoms with Gasteiger partial charge in [-0.3, -0.25) is 0 Å². The first kappa shape index (κ1) is 17.4. The second-order valence-electron chi connectivity index (χ2n) is 6.58. The molecule has 1 aliphatic rings. The molecule has 0 atom stereocenters. The maximum absolute atomic E-state index is 4.70. The van der Waals surface area contributed by atoms with E-state index in [9.17, 15) is 0 Å². The number of likely N-dealkylation sites (N-methyl/N-ethyl adjacent to an activating group) is 1. The summed E-state index contributed by atoms with van der Waals surface area (Å²) in [6.45, 7) is 7.58. The lowest BCUT2D eigenvalue weighted by Gasteiger charge is -2.36. The van der Waals surface area contributed by atoms with Gasteiger partial charge in [0.2, 0.25) is 5.95 Å². The number of piperazine rings is 1. The summed E-state index contributed by atoms with van der Waals surface area (Å²) in [4.78, 5) is 20.4. The van der Waals surface area contributed by atoms with Crippen LogP contribution in [0.4, 0.5) is 17.6 Å². The molecular weight excluding hydrogens is 314 g/mol. The highest BCUT2D eigenvalue weighted by Crippen LogP contribution is 2.19. The molecule has 134 valence electrons. The first-order valence-corrected chi connectivity index (χ1v) is 8.77. The summed E-state index contributed by atoms with van der Waals surface area (Å²) in [6.07, 6.45) is 1.85. The minimum atomic E-state index is 0.712. The molecule has 0 saturated carbocycles. The molecule has 2 aromatic rings. The molecule has 0 bridgehead atoms. The van der Waals surface area contributed by atoms with Gasteiger partial charge in [0.15, 0.2) is 0 Å². The second-order valence-corrected chi connectivity index (χ2v) is 6.58. The van der Waals surface area contributed by atoms with Crippen molar-refractivity contribution >= 4 is 17.6 Å². The van der Waals surface area contributed by atoms with Crippen molar-refractivity contribution in [3.8, 4) is 0 Å². The van der Waals surface area contributed by atoms with E-state index in [0.717, 1.165) is 56.6 Å². The van der Waals surface area contributed by atoms with E-state index in [0.29, 0.717) is 5.95 Å². The zero-order valence-corrected chi connectivity index (χ0v) is 15.3. The van der Waals surface area contributed by atoms with Gasteiger partial charge in [0.05, 0.1) is 0 Å². The Morgan fingerprint density at radius 2 is 1.76 bits per heavy atom. The summed E-state index contributed by atoms with van der Waals surface area (Å²) in [7, 11) is 4.12. The molecule has 2 aromatic heterocycles. The number of aryl methyl sites for hydroxylation is 1. The number of nitrogens with one attached hydrogen (secondary N) is 1. The number of hydrogen-bond acceptors (Lipinski definition) is 7. The van der Waals surface area contributed by atoms with E-state index in [4.69, 9.17) is 4.98 Å². The number of aromatic nitrogens is 3. The Morgan fingerprint density at radius 3 is 2.40 bits per heavy atom. The SMILES string of the molecule is Cc1cc(N2CCN(c3ccccn3)CC2)nc(NCCN(C)C)n1. The van der Waals surface area contributed by atoms with Crippen LogP contribution in [0.1, 0.15) is 5.69 Å². The maximum Gasteiger partial charge on any atom is 0.224 e. The van der Waals surface area contributed by atoms with Gasteiger partial charge in [-0.05, 0) is 33.2 Å². The lowest BCUT2D eigenvalue weighted by molar-refractivity contribution is 0.425. The second kappa shape index (κ2) is 8.11. The van der Waals surface area contributed by atoms with Crippen molar-refractivity contribution in [2.24, 2.45) is 0 Å². The van der Waals surface area contributed by atoms with E-state index >= 15 is 0 Å². The van der Waals surface area contributed by atoms with Crippen LogP contribution in [0.15, 0.2) is 30.5 Å². The van der Waals surface area contributed by atoms with E-state index in [-0.39, 0.29) is 0 Å². The van der Waals surface area contributed by atoms with Gasteiger partial charge in [0, 0.05) is 57.2 Å². The topological polar surface area (TPSA) is 60.4 Å². The minimum absolute atomic E-state index is 0.712. The smallest absolute Gasteiger partial charge is 0.224 e. The van der Waals surface area contributed by atoms with Crippen LogP contribution in [-0.2, 0) is 0 Å². The number of rotatable bonds is 6. The van der Waals surface area contributed by atoms with E-state index < -0.39 is 0 Å². The molecular formula is C18H27N7. The highest BCUT2D eigenvalue weighted by Gasteiger charge is 2.19. The Morgan fingerprint density at radius 1 is 1.04 bits per heavy atom. The molecule has 3 heterocycles. The molecule has 1 saturated heterocycles. The zero-order valence-electron chi connectivity index (χ0n) is 15.3. The Bertz CT molecular complexity index is 666. The third kappa shape index (κ3) is 4.79. The van der Waals surface area contributed by atoms with Crippen LogP contribution < -0.4 is 15.1 Å². The zero-order chi connectivity index (χ0) is 17.6. The summed E-state index contributed by atoms with van der Waals surface area (Å²) >= 11 is 0. The van der Waals surface area contributed by atoms with E-state index in [1.54, 1.807) is 0 Å². The van der Waals surface area contributed by atoms with Crippen molar-refractivity contribution in [1.29, 1.82) is 0 Å². The first-order valence-electron chi connectivity index (χ1n) is 8.77. The lowest BCUT2D eigenvalue weighted by Crippen LogP contribution is -2.47. The monoisotopic (exact) mass is 341 g/mol. The molecule has 0 amide bonds. The molecule has 25 heavy (non-hydrogen) atoms. The van der Waals surface area contributed by atoms with Gasteiger partial charge in [-0.25, -0.2) is 9.97 Å². The molecule has 0 aliphatic carbocycles. The van der Waals surface area contributed by atoms with Crippen LogP contribution in [-0.4, -0.2) is 73.2 Å².